The van der Waals surface area contributed by atoms with Crippen molar-refractivity contribution in [3.8, 4) is 0 Å². The van der Waals surface area contributed by atoms with Crippen molar-refractivity contribution in [3.63, 3.8) is 0 Å². The first kappa shape index (κ1) is 19.6. The molecule has 3 heterocycles. The van der Waals surface area contributed by atoms with E-state index in [1.807, 2.05) is 11.3 Å². The van der Waals surface area contributed by atoms with Crippen LogP contribution < -0.4 is 10.6 Å². The molecule has 2 N–H and O–H groups in total. The van der Waals surface area contributed by atoms with E-state index < -0.39 is 9.84 Å². The van der Waals surface area contributed by atoms with E-state index in [-0.39, 0.29) is 5.92 Å². The number of sulfone groups is 1. The van der Waals surface area contributed by atoms with Gasteiger partial charge in [0.15, 0.2) is 15.8 Å². The Balaban J connectivity index is 1.52. The van der Waals surface area contributed by atoms with Gasteiger partial charge in [-0.3, -0.25) is 9.89 Å². The van der Waals surface area contributed by atoms with Gasteiger partial charge in [-0.05, 0) is 56.1 Å². The van der Waals surface area contributed by atoms with Crippen LogP contribution in [0.3, 0.4) is 0 Å². The van der Waals surface area contributed by atoms with Gasteiger partial charge in [-0.2, -0.15) is 0 Å². The number of thiophene rings is 1. The summed E-state index contributed by atoms with van der Waals surface area (Å²) in [6, 6.07) is 4.82. The average molecular weight is 399 g/mol. The first-order valence-corrected chi connectivity index (χ1v) is 12.1. The van der Waals surface area contributed by atoms with Crippen LogP contribution in [0.25, 0.3) is 0 Å². The molecule has 146 valence electrons. The minimum absolute atomic E-state index is 0.193. The van der Waals surface area contributed by atoms with Crippen molar-refractivity contribution in [1.82, 2.24) is 15.5 Å². The molecule has 1 aromatic heterocycles. The monoisotopic (exact) mass is 398 g/mol. The lowest BCUT2D eigenvalue weighted by Crippen LogP contribution is -2.45. The smallest absolute Gasteiger partial charge is 0.190 e. The lowest BCUT2D eigenvalue weighted by molar-refractivity contribution is 0.125. The maximum atomic E-state index is 11.6. The summed E-state index contributed by atoms with van der Waals surface area (Å²) in [5.74, 6) is 2.12. The Morgan fingerprint density at radius 2 is 2.15 bits per heavy atom. The molecule has 0 bridgehead atoms. The van der Waals surface area contributed by atoms with Crippen LogP contribution in [0, 0.1) is 11.8 Å². The summed E-state index contributed by atoms with van der Waals surface area (Å²) in [4.78, 5) is 8.20. The zero-order chi connectivity index (χ0) is 18.6. The molecule has 0 saturated carbocycles. The molecule has 26 heavy (non-hydrogen) atoms. The van der Waals surface area contributed by atoms with Crippen molar-refractivity contribution in [3.05, 3.63) is 22.4 Å². The van der Waals surface area contributed by atoms with Gasteiger partial charge in [0.2, 0.25) is 0 Å². The normalized spacial score (nSPS) is 29.6. The summed E-state index contributed by atoms with van der Waals surface area (Å²) < 4.78 is 23.2. The molecule has 2 fully saturated rings. The molecule has 8 heteroatoms. The molecule has 0 spiro atoms. The highest BCUT2D eigenvalue weighted by Crippen LogP contribution is 2.36. The molecule has 1 aromatic rings. The fourth-order valence-electron chi connectivity index (χ4n) is 4.10. The first-order valence-electron chi connectivity index (χ1n) is 9.37. The quantitative estimate of drug-likeness (QED) is 0.584. The van der Waals surface area contributed by atoms with E-state index in [9.17, 15) is 8.42 Å². The molecule has 3 atom stereocenters. The SMILES string of the molecule is CN=C(NCC1CCS(=O)(=O)C1)NCC1CCCN(C)C1c1cccs1. The second-order valence-corrected chi connectivity index (χ2v) is 10.7. The van der Waals surface area contributed by atoms with E-state index in [0.29, 0.717) is 30.0 Å². The summed E-state index contributed by atoms with van der Waals surface area (Å²) >= 11 is 1.83. The highest BCUT2D eigenvalue weighted by molar-refractivity contribution is 7.91. The van der Waals surface area contributed by atoms with Crippen molar-refractivity contribution in [2.24, 2.45) is 16.8 Å². The first-order chi connectivity index (χ1) is 12.5. The molecule has 2 aliphatic rings. The maximum Gasteiger partial charge on any atom is 0.190 e. The average Bonchev–Trinajstić information content (AvgIpc) is 3.24. The number of piperidine rings is 1. The van der Waals surface area contributed by atoms with Crippen molar-refractivity contribution >= 4 is 27.1 Å². The Bertz CT molecular complexity index is 703. The Kier molecular flexibility index (Phi) is 6.58. The van der Waals surface area contributed by atoms with Gasteiger partial charge in [0.05, 0.1) is 11.5 Å². The van der Waals surface area contributed by atoms with Gasteiger partial charge in [-0.25, -0.2) is 8.42 Å². The Morgan fingerprint density at radius 3 is 2.81 bits per heavy atom. The van der Waals surface area contributed by atoms with E-state index in [1.165, 1.54) is 17.7 Å². The van der Waals surface area contributed by atoms with Crippen LogP contribution in [-0.4, -0.2) is 64.5 Å². The van der Waals surface area contributed by atoms with E-state index in [1.54, 1.807) is 7.05 Å². The molecular formula is C18H30N4O2S2. The molecule has 3 rings (SSSR count). The minimum Gasteiger partial charge on any atom is -0.356 e. The van der Waals surface area contributed by atoms with Gasteiger partial charge in [-0.15, -0.1) is 11.3 Å². The second kappa shape index (κ2) is 8.71. The number of hydrogen-bond donors (Lipinski definition) is 2. The Morgan fingerprint density at radius 1 is 1.35 bits per heavy atom. The summed E-state index contributed by atoms with van der Waals surface area (Å²) in [7, 11) is 1.16. The van der Waals surface area contributed by atoms with E-state index >= 15 is 0 Å². The number of nitrogens with zero attached hydrogens (tertiary/aromatic N) is 2. The Hall–Kier alpha value is -1.12. The summed E-state index contributed by atoms with van der Waals surface area (Å²) in [6.45, 7) is 2.68. The van der Waals surface area contributed by atoms with Crippen LogP contribution in [0.2, 0.25) is 0 Å². The third-order valence-corrected chi connectivity index (χ3v) is 8.26. The van der Waals surface area contributed by atoms with Crippen molar-refractivity contribution in [2.45, 2.75) is 25.3 Å². The topological polar surface area (TPSA) is 73.8 Å². The lowest BCUT2D eigenvalue weighted by Gasteiger charge is -2.39. The van der Waals surface area contributed by atoms with Gasteiger partial charge in [-0.1, -0.05) is 6.07 Å². The third-order valence-electron chi connectivity index (χ3n) is 5.48. The van der Waals surface area contributed by atoms with Crippen LogP contribution in [0.1, 0.15) is 30.2 Å². The summed E-state index contributed by atoms with van der Waals surface area (Å²) in [5.41, 5.74) is 0. The van der Waals surface area contributed by atoms with Gasteiger partial charge >= 0.3 is 0 Å². The van der Waals surface area contributed by atoms with Crippen LogP contribution in [-0.2, 0) is 9.84 Å². The van der Waals surface area contributed by atoms with Gasteiger partial charge in [0.25, 0.3) is 0 Å². The van der Waals surface area contributed by atoms with Crippen LogP contribution in [0.15, 0.2) is 22.5 Å². The number of aliphatic imine (C=N–C) groups is 1. The van der Waals surface area contributed by atoms with Gasteiger partial charge in [0.1, 0.15) is 0 Å². The van der Waals surface area contributed by atoms with E-state index in [4.69, 9.17) is 0 Å². The zero-order valence-electron chi connectivity index (χ0n) is 15.6. The second-order valence-electron chi connectivity index (χ2n) is 7.45. The third kappa shape index (κ3) is 4.98. The maximum absolute atomic E-state index is 11.6. The largest absolute Gasteiger partial charge is 0.356 e. The molecule has 2 saturated heterocycles. The fourth-order valence-corrected chi connectivity index (χ4v) is 6.95. The highest BCUT2D eigenvalue weighted by Gasteiger charge is 2.31. The lowest BCUT2D eigenvalue weighted by atomic mass is 9.88. The molecular weight excluding hydrogens is 368 g/mol. The number of hydrogen-bond acceptors (Lipinski definition) is 5. The molecule has 0 radical (unpaired) electrons. The summed E-state index contributed by atoms with van der Waals surface area (Å²) in [6.07, 6.45) is 3.18. The molecule has 0 aromatic carbocycles. The van der Waals surface area contributed by atoms with Crippen LogP contribution in [0.5, 0.6) is 0 Å². The number of rotatable bonds is 5. The number of likely N-dealkylation sites (tertiary alicyclic amines) is 1. The molecule has 2 aliphatic heterocycles. The number of nitrogens with one attached hydrogen (secondary N) is 2. The van der Waals surface area contributed by atoms with Gasteiger partial charge < -0.3 is 10.6 Å². The van der Waals surface area contributed by atoms with E-state index in [0.717, 1.165) is 25.5 Å². The number of guanidine groups is 1. The van der Waals surface area contributed by atoms with Crippen molar-refractivity contribution in [1.29, 1.82) is 0 Å². The fraction of sp³-hybridized carbons (Fsp3) is 0.722. The van der Waals surface area contributed by atoms with E-state index in [2.05, 4.69) is 45.1 Å². The molecule has 0 aliphatic carbocycles. The minimum atomic E-state index is -2.82. The predicted molar refractivity (Wildman–Crippen MR) is 109 cm³/mol. The van der Waals surface area contributed by atoms with Crippen LogP contribution in [0.4, 0.5) is 0 Å². The van der Waals surface area contributed by atoms with Crippen molar-refractivity contribution in [2.75, 3.05) is 45.2 Å². The van der Waals surface area contributed by atoms with Crippen LogP contribution >= 0.6 is 11.3 Å². The highest BCUT2D eigenvalue weighted by atomic mass is 32.2. The van der Waals surface area contributed by atoms with Gasteiger partial charge in [0, 0.05) is 31.1 Å². The predicted octanol–water partition coefficient (Wildman–Crippen LogP) is 1.73. The summed E-state index contributed by atoms with van der Waals surface area (Å²) in [5, 5.41) is 8.93. The Labute approximate surface area is 161 Å². The molecule has 6 nitrogen and oxygen atoms in total. The standard InChI is InChI=1S/C18H30N4O2S2/c1-19-18(20-11-14-7-10-26(23,24)13-14)21-12-15-5-3-8-22(2)17(15)16-6-4-9-25-16/h4,6,9,14-15,17H,3,5,7-8,10-13H2,1-2H3,(H2,19,20,21). The van der Waals surface area contributed by atoms with Crippen molar-refractivity contribution < 1.29 is 8.42 Å². The molecule has 0 amide bonds. The zero-order valence-corrected chi connectivity index (χ0v) is 17.3. The molecule has 3 unspecified atom stereocenters.